The number of aryl methyl sites for hydroxylation is 3. The lowest BCUT2D eigenvalue weighted by molar-refractivity contribution is 1.50. The van der Waals surface area contributed by atoms with E-state index in [0.29, 0.717) is 0 Å². The van der Waals surface area contributed by atoms with Crippen molar-refractivity contribution in [3.05, 3.63) is 120 Å². The summed E-state index contributed by atoms with van der Waals surface area (Å²) in [6.07, 6.45) is 0. The molecule has 0 aliphatic carbocycles. The van der Waals surface area contributed by atoms with E-state index in [-0.39, 0.29) is 0 Å². The number of fused-ring (bicyclic) bond motifs is 4. The number of hydrogen-bond acceptors (Lipinski definition) is 0. The zero-order valence-corrected chi connectivity index (χ0v) is 20.3. The minimum Gasteiger partial charge on any atom is -0.0683 e. The Kier molecular flexibility index (Phi) is 6.75. The zero-order valence-electron chi connectivity index (χ0n) is 20.3. The van der Waals surface area contributed by atoms with E-state index in [4.69, 9.17) is 0 Å². The first-order valence-electron chi connectivity index (χ1n) is 11.9. The third kappa shape index (κ3) is 4.22. The van der Waals surface area contributed by atoms with Crippen LogP contribution in [0.4, 0.5) is 0 Å². The van der Waals surface area contributed by atoms with Crippen molar-refractivity contribution in [2.24, 2.45) is 0 Å². The molecule has 0 bridgehead atoms. The topological polar surface area (TPSA) is 0 Å². The first-order chi connectivity index (χ1) is 16.1. The van der Waals surface area contributed by atoms with Crippen molar-refractivity contribution in [1.29, 1.82) is 0 Å². The molecule has 0 heteroatoms. The van der Waals surface area contributed by atoms with Gasteiger partial charge in [-0.15, -0.1) is 0 Å². The van der Waals surface area contributed by atoms with Gasteiger partial charge in [-0.1, -0.05) is 111 Å². The van der Waals surface area contributed by atoms with Gasteiger partial charge in [-0.05, 0) is 86.6 Å². The zero-order chi connectivity index (χ0) is 23.4. The second-order valence-corrected chi connectivity index (χ2v) is 8.29. The van der Waals surface area contributed by atoms with Crippen molar-refractivity contribution in [2.45, 2.75) is 34.6 Å². The molecule has 0 spiro atoms. The van der Waals surface area contributed by atoms with E-state index in [9.17, 15) is 0 Å². The fourth-order valence-corrected chi connectivity index (χ4v) is 4.81. The Labute approximate surface area is 197 Å². The Morgan fingerprint density at radius 2 is 0.576 bits per heavy atom. The first-order valence-corrected chi connectivity index (χ1v) is 11.9. The summed E-state index contributed by atoms with van der Waals surface area (Å²) in [7, 11) is 0. The molecule has 0 aromatic heterocycles. The molecule has 0 radical (unpaired) electrons. The monoisotopic (exact) mass is 428 g/mol. The van der Waals surface area contributed by atoms with E-state index in [1.807, 2.05) is 13.8 Å². The van der Waals surface area contributed by atoms with Crippen molar-refractivity contribution >= 4 is 43.1 Å². The Bertz CT molecular complexity index is 1380. The molecule has 6 aromatic carbocycles. The lowest BCUT2D eigenvalue weighted by Gasteiger charge is -2.11. The molecule has 0 saturated carbocycles. The normalized spacial score (nSPS) is 10.6. The molecule has 0 N–H and O–H groups in total. The second-order valence-electron chi connectivity index (χ2n) is 8.29. The molecular weight excluding hydrogens is 396 g/mol. The molecule has 0 aliphatic rings. The molecular formula is C33H32. The van der Waals surface area contributed by atoms with Crippen LogP contribution in [0.3, 0.4) is 0 Å². The van der Waals surface area contributed by atoms with Crippen molar-refractivity contribution in [1.82, 2.24) is 0 Å². The van der Waals surface area contributed by atoms with Crippen molar-refractivity contribution in [3.63, 3.8) is 0 Å². The van der Waals surface area contributed by atoms with Crippen LogP contribution >= 0.6 is 0 Å². The van der Waals surface area contributed by atoms with E-state index >= 15 is 0 Å². The highest BCUT2D eigenvalue weighted by molar-refractivity contribution is 6.05. The fourth-order valence-electron chi connectivity index (χ4n) is 4.81. The highest BCUT2D eigenvalue weighted by Gasteiger charge is 2.06. The molecule has 6 aromatic rings. The minimum absolute atomic E-state index is 1.33. The molecule has 0 unspecified atom stereocenters. The Morgan fingerprint density at radius 1 is 0.333 bits per heavy atom. The molecule has 0 heterocycles. The van der Waals surface area contributed by atoms with Crippen molar-refractivity contribution in [2.75, 3.05) is 0 Å². The lowest BCUT2D eigenvalue weighted by Crippen LogP contribution is -1.87. The summed E-state index contributed by atoms with van der Waals surface area (Å²) in [5, 5.41) is 10.9. The molecule has 0 fully saturated rings. The number of rotatable bonds is 0. The van der Waals surface area contributed by atoms with Crippen LogP contribution in [0.1, 0.15) is 30.5 Å². The van der Waals surface area contributed by atoms with Crippen LogP contribution in [0.2, 0.25) is 0 Å². The van der Waals surface area contributed by atoms with Gasteiger partial charge in [0.15, 0.2) is 0 Å². The van der Waals surface area contributed by atoms with Crippen LogP contribution in [0.25, 0.3) is 43.1 Å². The third-order valence-electron chi connectivity index (χ3n) is 6.51. The van der Waals surface area contributed by atoms with Gasteiger partial charge in [0, 0.05) is 0 Å². The molecule has 0 aliphatic heterocycles. The highest BCUT2D eigenvalue weighted by atomic mass is 14.1. The van der Waals surface area contributed by atoms with Gasteiger partial charge in [-0.3, -0.25) is 0 Å². The van der Waals surface area contributed by atoms with Gasteiger partial charge in [0.1, 0.15) is 0 Å². The van der Waals surface area contributed by atoms with Crippen LogP contribution in [-0.2, 0) is 0 Å². The van der Waals surface area contributed by atoms with Gasteiger partial charge in [-0.25, -0.2) is 0 Å². The summed E-state index contributed by atoms with van der Waals surface area (Å²) >= 11 is 0. The van der Waals surface area contributed by atoms with Gasteiger partial charge < -0.3 is 0 Å². The van der Waals surface area contributed by atoms with E-state index in [2.05, 4.69) is 124 Å². The molecule has 0 nitrogen and oxygen atoms in total. The quantitative estimate of drug-likeness (QED) is 0.211. The predicted molar refractivity (Wildman–Crippen MR) is 148 cm³/mol. The summed E-state index contributed by atoms with van der Waals surface area (Å²) in [6, 6.07) is 36.7. The number of hydrogen-bond donors (Lipinski definition) is 0. The fraction of sp³-hybridized carbons (Fsp3) is 0.152. The first kappa shape index (κ1) is 22.6. The number of benzene rings is 6. The van der Waals surface area contributed by atoms with Crippen LogP contribution in [0.5, 0.6) is 0 Å². The van der Waals surface area contributed by atoms with Crippen molar-refractivity contribution < 1.29 is 0 Å². The average Bonchev–Trinajstić information content (AvgIpc) is 2.89. The van der Waals surface area contributed by atoms with E-state index in [0.717, 1.165) is 0 Å². The van der Waals surface area contributed by atoms with Crippen molar-refractivity contribution in [3.8, 4) is 0 Å². The SMILES string of the molecule is CC.Cc1c2ccccc2c(C)c2ccccc12.Cc1c2ccccc2cc2ccccc12. The molecule has 6 rings (SSSR count). The van der Waals surface area contributed by atoms with Crippen LogP contribution in [0, 0.1) is 20.8 Å². The van der Waals surface area contributed by atoms with Gasteiger partial charge in [0.05, 0.1) is 0 Å². The maximum Gasteiger partial charge on any atom is -0.0146 e. The van der Waals surface area contributed by atoms with Gasteiger partial charge in [0.25, 0.3) is 0 Å². The maximum absolute atomic E-state index is 2.26. The summed E-state index contributed by atoms with van der Waals surface area (Å²) < 4.78 is 0. The van der Waals surface area contributed by atoms with Gasteiger partial charge in [0.2, 0.25) is 0 Å². The summed E-state index contributed by atoms with van der Waals surface area (Å²) in [4.78, 5) is 0. The standard InChI is InChI=1S/C16H14.C15H12.C2H6/c1-11-13-7-3-5-9-15(13)12(2)16-10-6-4-8-14(11)16;1-11-14-8-4-2-6-12(14)10-13-7-3-5-9-15(11)13;1-2/h3-10H,1-2H3;2-10H,1H3;1-2H3. The van der Waals surface area contributed by atoms with E-state index in [1.165, 1.54) is 59.8 Å². The highest BCUT2D eigenvalue weighted by Crippen LogP contribution is 2.31. The van der Waals surface area contributed by atoms with Crippen LogP contribution in [-0.4, -0.2) is 0 Å². The summed E-state index contributed by atoms with van der Waals surface area (Å²) in [5.41, 5.74) is 4.15. The Hall–Kier alpha value is -3.64. The predicted octanol–water partition coefficient (Wildman–Crippen LogP) is 9.94. The Morgan fingerprint density at radius 3 is 0.909 bits per heavy atom. The van der Waals surface area contributed by atoms with E-state index < -0.39 is 0 Å². The van der Waals surface area contributed by atoms with Crippen LogP contribution < -0.4 is 0 Å². The second kappa shape index (κ2) is 9.88. The molecule has 33 heavy (non-hydrogen) atoms. The summed E-state index contributed by atoms with van der Waals surface area (Å²) in [6.45, 7) is 10.6. The molecule has 164 valence electrons. The maximum atomic E-state index is 2.26. The molecule has 0 atom stereocenters. The van der Waals surface area contributed by atoms with Gasteiger partial charge >= 0.3 is 0 Å². The summed E-state index contributed by atoms with van der Waals surface area (Å²) in [5.74, 6) is 0. The molecule has 0 saturated heterocycles. The average molecular weight is 429 g/mol. The van der Waals surface area contributed by atoms with E-state index in [1.54, 1.807) is 0 Å². The minimum atomic E-state index is 1.33. The third-order valence-corrected chi connectivity index (χ3v) is 6.51. The van der Waals surface area contributed by atoms with Gasteiger partial charge in [-0.2, -0.15) is 0 Å². The largest absolute Gasteiger partial charge is 0.0683 e. The smallest absolute Gasteiger partial charge is 0.0146 e. The molecule has 0 amide bonds. The van der Waals surface area contributed by atoms with Crippen LogP contribution in [0.15, 0.2) is 103 Å². The lowest BCUT2D eigenvalue weighted by atomic mass is 9.93. The Balaban J connectivity index is 0.000000147.